The van der Waals surface area contributed by atoms with Crippen molar-refractivity contribution in [3.05, 3.63) is 22.2 Å². The highest BCUT2D eigenvalue weighted by Crippen LogP contribution is 2.36. The summed E-state index contributed by atoms with van der Waals surface area (Å²) in [5.41, 5.74) is 3.45. The van der Waals surface area contributed by atoms with Gasteiger partial charge >= 0.3 is 5.97 Å². The predicted octanol–water partition coefficient (Wildman–Crippen LogP) is 1.83. The Hall–Kier alpha value is -1.87. The van der Waals surface area contributed by atoms with E-state index in [1.165, 1.54) is 14.2 Å². The van der Waals surface area contributed by atoms with Crippen molar-refractivity contribution in [2.45, 2.75) is 6.92 Å². The van der Waals surface area contributed by atoms with Crippen LogP contribution < -0.4 is 20.2 Å². The van der Waals surface area contributed by atoms with Crippen LogP contribution >= 0.6 is 28.1 Å². The lowest BCUT2D eigenvalue weighted by Gasteiger charge is -2.12. The summed E-state index contributed by atoms with van der Waals surface area (Å²) in [5, 5.41) is 7.38. The molecular weight excluding hydrogens is 386 g/mol. The van der Waals surface area contributed by atoms with Crippen LogP contribution in [0.4, 0.5) is 0 Å². The number of carbonyl (C=O) groups excluding carboxylic acids is 1. The highest BCUT2D eigenvalue weighted by Gasteiger charge is 2.13. The maximum Gasteiger partial charge on any atom is 0.343 e. The monoisotopic (exact) mass is 403 g/mol. The zero-order valence-corrected chi connectivity index (χ0v) is 15.4. The third-order valence-electron chi connectivity index (χ3n) is 2.53. The van der Waals surface area contributed by atoms with Crippen LogP contribution in [0.3, 0.4) is 0 Å². The van der Waals surface area contributed by atoms with Gasteiger partial charge in [0.25, 0.3) is 0 Å². The summed E-state index contributed by atoms with van der Waals surface area (Å²) in [7, 11) is 2.80. The molecule has 0 atom stereocenters. The average molecular weight is 404 g/mol. The summed E-state index contributed by atoms with van der Waals surface area (Å²) >= 11 is 8.38. The number of methoxy groups -OCH3 is 2. The molecular formula is C14H18BrN3O4S. The van der Waals surface area contributed by atoms with Gasteiger partial charge in [-0.15, -0.1) is 0 Å². The lowest BCUT2D eigenvalue weighted by molar-refractivity contribution is -0.142. The van der Waals surface area contributed by atoms with Crippen LogP contribution in [0.5, 0.6) is 11.5 Å². The first kappa shape index (κ1) is 19.2. The van der Waals surface area contributed by atoms with Crippen LogP contribution in [0.1, 0.15) is 12.5 Å². The number of rotatable bonds is 7. The van der Waals surface area contributed by atoms with E-state index in [1.807, 2.05) is 6.92 Å². The predicted molar refractivity (Wildman–Crippen MR) is 95.2 cm³/mol. The molecule has 0 fully saturated rings. The number of carbonyl (C=O) groups is 1. The van der Waals surface area contributed by atoms with Crippen molar-refractivity contribution in [3.63, 3.8) is 0 Å². The van der Waals surface area contributed by atoms with E-state index in [9.17, 15) is 4.79 Å². The molecule has 0 amide bonds. The zero-order valence-electron chi connectivity index (χ0n) is 13.0. The molecule has 1 rings (SSSR count). The maximum absolute atomic E-state index is 11.2. The van der Waals surface area contributed by atoms with Gasteiger partial charge in [-0.05, 0) is 52.8 Å². The van der Waals surface area contributed by atoms with Crippen LogP contribution in [-0.2, 0) is 9.53 Å². The maximum atomic E-state index is 11.2. The summed E-state index contributed by atoms with van der Waals surface area (Å²) in [6, 6.07) is 3.50. The molecule has 0 radical (unpaired) electrons. The molecule has 1 aromatic carbocycles. The van der Waals surface area contributed by atoms with Crippen LogP contribution in [0.2, 0.25) is 0 Å². The van der Waals surface area contributed by atoms with Crippen LogP contribution in [0.25, 0.3) is 0 Å². The number of hydrogen-bond acceptors (Lipinski definition) is 6. The van der Waals surface area contributed by atoms with Gasteiger partial charge < -0.3 is 19.5 Å². The highest BCUT2D eigenvalue weighted by molar-refractivity contribution is 9.10. The van der Waals surface area contributed by atoms with Gasteiger partial charge in [-0.2, -0.15) is 5.10 Å². The minimum absolute atomic E-state index is 0.211. The summed E-state index contributed by atoms with van der Waals surface area (Å²) in [6.07, 6.45) is 1.58. The largest absolute Gasteiger partial charge is 0.493 e. The fraction of sp³-hybridized carbons (Fsp3) is 0.357. The second-order valence-electron chi connectivity index (χ2n) is 4.13. The van der Waals surface area contributed by atoms with E-state index in [0.29, 0.717) is 27.6 Å². The third kappa shape index (κ3) is 6.41. The molecule has 0 aliphatic carbocycles. The minimum atomic E-state index is -0.481. The summed E-state index contributed by atoms with van der Waals surface area (Å²) < 4.78 is 15.8. The molecule has 0 unspecified atom stereocenters. The molecule has 9 heteroatoms. The van der Waals surface area contributed by atoms with Crippen LogP contribution in [-0.4, -0.2) is 44.7 Å². The first-order valence-corrected chi connectivity index (χ1v) is 7.86. The van der Waals surface area contributed by atoms with Gasteiger partial charge in [-0.25, -0.2) is 4.79 Å². The first-order chi connectivity index (χ1) is 11.0. The topological polar surface area (TPSA) is 81.2 Å². The Labute approximate surface area is 148 Å². The Balaban J connectivity index is 2.84. The van der Waals surface area contributed by atoms with Gasteiger partial charge in [-0.3, -0.25) is 5.43 Å². The van der Waals surface area contributed by atoms with Gasteiger partial charge in [0.1, 0.15) is 0 Å². The number of hydrazone groups is 1. The molecule has 23 heavy (non-hydrogen) atoms. The molecule has 0 bridgehead atoms. The lowest BCUT2D eigenvalue weighted by Crippen LogP contribution is -2.31. The number of nitrogens with zero attached hydrogens (tertiary/aromatic N) is 1. The Morgan fingerprint density at radius 3 is 2.78 bits per heavy atom. The molecule has 0 spiro atoms. The molecule has 0 heterocycles. The van der Waals surface area contributed by atoms with Crippen LogP contribution in [0, 0.1) is 0 Å². The van der Waals surface area contributed by atoms with Crippen molar-refractivity contribution in [2.75, 3.05) is 27.4 Å². The second kappa shape index (κ2) is 10.0. The van der Waals surface area contributed by atoms with E-state index in [2.05, 4.69) is 36.5 Å². The third-order valence-corrected chi connectivity index (χ3v) is 3.36. The van der Waals surface area contributed by atoms with Crippen molar-refractivity contribution < 1.29 is 19.0 Å². The van der Waals surface area contributed by atoms with E-state index < -0.39 is 5.97 Å². The van der Waals surface area contributed by atoms with Gasteiger partial charge in [0.2, 0.25) is 0 Å². The fourth-order valence-electron chi connectivity index (χ4n) is 1.51. The molecule has 7 nitrogen and oxygen atoms in total. The summed E-state index contributed by atoms with van der Waals surface area (Å²) in [6.45, 7) is 2.44. The van der Waals surface area contributed by atoms with Crippen LogP contribution in [0.15, 0.2) is 21.7 Å². The molecule has 0 saturated heterocycles. The van der Waals surface area contributed by atoms with E-state index in [0.717, 1.165) is 5.56 Å². The van der Waals surface area contributed by atoms with Crippen molar-refractivity contribution in [1.29, 1.82) is 0 Å². The standard InChI is InChI=1S/C14H18BrN3O4S/c1-4-16-14(23)18-17-7-9-5-10(15)13(11(6-9)20-2)22-8-12(19)21-3/h5-7H,4,8H2,1-3H3,(H2,16,18,23)/b17-7-. The van der Waals surface area contributed by atoms with Gasteiger partial charge in [0, 0.05) is 6.54 Å². The first-order valence-electron chi connectivity index (χ1n) is 6.65. The number of benzene rings is 1. The zero-order chi connectivity index (χ0) is 17.2. The molecule has 1 aromatic rings. The van der Waals surface area contributed by atoms with Crippen molar-refractivity contribution in [1.82, 2.24) is 10.7 Å². The highest BCUT2D eigenvalue weighted by atomic mass is 79.9. The molecule has 0 aliphatic rings. The summed E-state index contributed by atoms with van der Waals surface area (Å²) in [5.74, 6) is 0.385. The fourth-order valence-corrected chi connectivity index (χ4v) is 2.28. The molecule has 2 N–H and O–H groups in total. The van der Waals surface area contributed by atoms with Gasteiger partial charge in [0.15, 0.2) is 23.2 Å². The van der Waals surface area contributed by atoms with E-state index in [4.69, 9.17) is 21.7 Å². The Morgan fingerprint density at radius 2 is 2.17 bits per heavy atom. The molecule has 0 saturated carbocycles. The number of ether oxygens (including phenoxy) is 3. The van der Waals surface area contributed by atoms with Crippen molar-refractivity contribution in [2.24, 2.45) is 5.10 Å². The smallest absolute Gasteiger partial charge is 0.343 e. The van der Waals surface area contributed by atoms with E-state index in [1.54, 1.807) is 18.3 Å². The van der Waals surface area contributed by atoms with Crippen molar-refractivity contribution >= 4 is 45.4 Å². The Morgan fingerprint density at radius 1 is 1.43 bits per heavy atom. The van der Waals surface area contributed by atoms with Crippen molar-refractivity contribution in [3.8, 4) is 11.5 Å². The second-order valence-corrected chi connectivity index (χ2v) is 5.39. The molecule has 0 aliphatic heterocycles. The molecule has 126 valence electrons. The Kier molecular flexibility index (Phi) is 8.35. The quantitative estimate of drug-likeness (QED) is 0.311. The van der Waals surface area contributed by atoms with Gasteiger partial charge in [0.05, 0.1) is 24.9 Å². The number of nitrogens with one attached hydrogen (secondary N) is 2. The number of hydrogen-bond donors (Lipinski definition) is 2. The number of thiocarbonyl (C=S) groups is 1. The van der Waals surface area contributed by atoms with E-state index >= 15 is 0 Å². The minimum Gasteiger partial charge on any atom is -0.493 e. The van der Waals surface area contributed by atoms with E-state index in [-0.39, 0.29) is 6.61 Å². The normalized spacial score (nSPS) is 10.3. The number of esters is 1. The summed E-state index contributed by atoms with van der Waals surface area (Å²) in [4.78, 5) is 11.2. The lowest BCUT2D eigenvalue weighted by atomic mass is 10.2. The SMILES string of the molecule is CCNC(=S)N/N=C\c1cc(Br)c(OCC(=O)OC)c(OC)c1. The Bertz CT molecular complexity index is 596. The van der Waals surface area contributed by atoms with Gasteiger partial charge in [-0.1, -0.05) is 0 Å². The molecule has 0 aromatic heterocycles. The average Bonchev–Trinajstić information content (AvgIpc) is 2.53. The number of halogens is 1.